The van der Waals surface area contributed by atoms with E-state index in [1.54, 1.807) is 13.0 Å². The number of aliphatic carboxylic acids is 1. The summed E-state index contributed by atoms with van der Waals surface area (Å²) >= 11 is 0. The Labute approximate surface area is 78.1 Å². The van der Waals surface area contributed by atoms with Crippen molar-refractivity contribution in [3.63, 3.8) is 0 Å². The number of carboxylic acid groups (broad SMARTS) is 1. The van der Waals surface area contributed by atoms with Gasteiger partial charge in [-0.25, -0.2) is 0 Å². The van der Waals surface area contributed by atoms with Gasteiger partial charge in [0, 0.05) is 0 Å². The van der Waals surface area contributed by atoms with Gasteiger partial charge in [-0.05, 0) is 32.6 Å². The SMILES string of the molecule is CC1(C(=O)O)CCC=CC(O)CC1. The molecule has 0 saturated carbocycles. The van der Waals surface area contributed by atoms with E-state index in [1.165, 1.54) is 0 Å². The lowest BCUT2D eigenvalue weighted by Gasteiger charge is -2.26. The number of allylic oxidation sites excluding steroid dienone is 1. The Morgan fingerprint density at radius 3 is 2.85 bits per heavy atom. The number of aliphatic hydroxyl groups is 1. The van der Waals surface area contributed by atoms with Crippen LogP contribution in [-0.2, 0) is 4.79 Å². The zero-order valence-electron chi connectivity index (χ0n) is 7.86. The van der Waals surface area contributed by atoms with E-state index in [0.717, 1.165) is 6.42 Å². The Kier molecular flexibility index (Phi) is 3.09. The molecule has 0 aromatic heterocycles. The number of carboxylic acids is 1. The fourth-order valence-corrected chi connectivity index (χ4v) is 1.56. The molecule has 2 N–H and O–H groups in total. The van der Waals surface area contributed by atoms with Crippen LogP contribution in [0.5, 0.6) is 0 Å². The molecule has 0 aliphatic heterocycles. The maximum absolute atomic E-state index is 10.9. The van der Waals surface area contributed by atoms with Crippen LogP contribution in [0.1, 0.15) is 32.6 Å². The highest BCUT2D eigenvalue weighted by atomic mass is 16.4. The Bertz CT molecular complexity index is 222. The minimum atomic E-state index is -0.755. The molecule has 0 spiro atoms. The highest BCUT2D eigenvalue weighted by Crippen LogP contribution is 2.31. The first-order valence-corrected chi connectivity index (χ1v) is 4.63. The molecule has 0 aromatic rings. The van der Waals surface area contributed by atoms with Crippen molar-refractivity contribution in [3.05, 3.63) is 12.2 Å². The van der Waals surface area contributed by atoms with Crippen LogP contribution in [0.3, 0.4) is 0 Å². The lowest BCUT2D eigenvalue weighted by atomic mass is 9.79. The van der Waals surface area contributed by atoms with Gasteiger partial charge < -0.3 is 10.2 Å². The van der Waals surface area contributed by atoms with Crippen LogP contribution in [0.2, 0.25) is 0 Å². The molecule has 0 aromatic carbocycles. The summed E-state index contributed by atoms with van der Waals surface area (Å²) in [5, 5.41) is 18.3. The van der Waals surface area contributed by atoms with Gasteiger partial charge in [-0.2, -0.15) is 0 Å². The lowest BCUT2D eigenvalue weighted by molar-refractivity contribution is -0.149. The zero-order chi connectivity index (χ0) is 9.90. The number of hydrogen-bond donors (Lipinski definition) is 2. The molecule has 1 aliphatic rings. The molecule has 13 heavy (non-hydrogen) atoms. The summed E-state index contributed by atoms with van der Waals surface area (Å²) in [7, 11) is 0. The fraction of sp³-hybridized carbons (Fsp3) is 0.700. The second-order valence-corrected chi connectivity index (χ2v) is 3.94. The van der Waals surface area contributed by atoms with Crippen LogP contribution < -0.4 is 0 Å². The summed E-state index contributed by atoms with van der Waals surface area (Å²) in [4.78, 5) is 10.9. The minimum Gasteiger partial charge on any atom is -0.481 e. The van der Waals surface area contributed by atoms with Gasteiger partial charge >= 0.3 is 5.97 Å². The number of rotatable bonds is 1. The normalized spacial score (nSPS) is 35.1. The lowest BCUT2D eigenvalue weighted by Crippen LogP contribution is -2.29. The van der Waals surface area contributed by atoms with Crippen molar-refractivity contribution in [2.75, 3.05) is 0 Å². The van der Waals surface area contributed by atoms with Crippen LogP contribution in [0, 0.1) is 5.41 Å². The molecule has 2 atom stereocenters. The maximum Gasteiger partial charge on any atom is 0.309 e. The van der Waals surface area contributed by atoms with Crippen LogP contribution in [-0.4, -0.2) is 22.3 Å². The molecule has 0 bridgehead atoms. The van der Waals surface area contributed by atoms with Crippen molar-refractivity contribution < 1.29 is 15.0 Å². The van der Waals surface area contributed by atoms with Crippen molar-refractivity contribution >= 4 is 5.97 Å². The summed E-state index contributed by atoms with van der Waals surface area (Å²) < 4.78 is 0. The van der Waals surface area contributed by atoms with E-state index in [9.17, 15) is 9.90 Å². The van der Waals surface area contributed by atoms with Crippen molar-refractivity contribution in [1.82, 2.24) is 0 Å². The average molecular weight is 184 g/mol. The summed E-state index contributed by atoms with van der Waals surface area (Å²) in [6.07, 6.45) is 5.63. The topological polar surface area (TPSA) is 57.5 Å². The van der Waals surface area contributed by atoms with Gasteiger partial charge in [-0.3, -0.25) is 4.79 Å². The molecule has 2 unspecified atom stereocenters. The van der Waals surface area contributed by atoms with Crippen LogP contribution in [0.15, 0.2) is 12.2 Å². The summed E-state index contributed by atoms with van der Waals surface area (Å²) in [5.41, 5.74) is -0.661. The molecule has 1 rings (SSSR count). The van der Waals surface area contributed by atoms with Crippen molar-refractivity contribution in [1.29, 1.82) is 0 Å². The third-order valence-electron chi connectivity index (χ3n) is 2.73. The molecule has 0 saturated heterocycles. The second kappa shape index (κ2) is 3.92. The molecule has 0 heterocycles. The first kappa shape index (κ1) is 10.3. The van der Waals surface area contributed by atoms with Gasteiger partial charge in [0.25, 0.3) is 0 Å². The smallest absolute Gasteiger partial charge is 0.309 e. The molecular weight excluding hydrogens is 168 g/mol. The monoisotopic (exact) mass is 184 g/mol. The van der Waals surface area contributed by atoms with Crippen molar-refractivity contribution in [2.24, 2.45) is 5.41 Å². The molecular formula is C10H16O3. The first-order valence-electron chi connectivity index (χ1n) is 4.63. The zero-order valence-corrected chi connectivity index (χ0v) is 7.86. The maximum atomic E-state index is 10.9. The van der Waals surface area contributed by atoms with E-state index in [1.807, 2.05) is 6.08 Å². The highest BCUT2D eigenvalue weighted by Gasteiger charge is 2.32. The third kappa shape index (κ3) is 2.56. The standard InChI is InChI=1S/C10H16O3/c1-10(9(12)13)6-3-2-4-8(11)5-7-10/h2,4,8,11H,3,5-7H2,1H3,(H,12,13). The van der Waals surface area contributed by atoms with E-state index in [0.29, 0.717) is 19.3 Å². The number of aliphatic hydroxyl groups excluding tert-OH is 1. The number of carbonyl (C=O) groups is 1. The Hall–Kier alpha value is -0.830. The van der Waals surface area contributed by atoms with E-state index in [4.69, 9.17) is 5.11 Å². The van der Waals surface area contributed by atoms with Gasteiger partial charge in [-0.1, -0.05) is 12.2 Å². The molecule has 74 valence electrons. The summed E-state index contributed by atoms with van der Waals surface area (Å²) in [6.45, 7) is 1.75. The Morgan fingerprint density at radius 1 is 1.54 bits per heavy atom. The summed E-state index contributed by atoms with van der Waals surface area (Å²) in [5.74, 6) is -0.755. The summed E-state index contributed by atoms with van der Waals surface area (Å²) in [6, 6.07) is 0. The fourth-order valence-electron chi connectivity index (χ4n) is 1.56. The van der Waals surface area contributed by atoms with E-state index >= 15 is 0 Å². The largest absolute Gasteiger partial charge is 0.481 e. The Morgan fingerprint density at radius 2 is 2.23 bits per heavy atom. The third-order valence-corrected chi connectivity index (χ3v) is 2.73. The Balaban J connectivity index is 2.68. The molecule has 0 amide bonds. The van der Waals surface area contributed by atoms with Gasteiger partial charge in [0.15, 0.2) is 0 Å². The van der Waals surface area contributed by atoms with Crippen molar-refractivity contribution in [3.8, 4) is 0 Å². The quantitative estimate of drug-likeness (QED) is 0.608. The molecule has 3 heteroatoms. The predicted octanol–water partition coefficient (Wildman–Crippen LogP) is 1.57. The van der Waals surface area contributed by atoms with E-state index in [-0.39, 0.29) is 0 Å². The van der Waals surface area contributed by atoms with Crippen LogP contribution >= 0.6 is 0 Å². The molecule has 1 aliphatic carbocycles. The van der Waals surface area contributed by atoms with E-state index in [2.05, 4.69) is 0 Å². The average Bonchev–Trinajstić information content (AvgIpc) is 2.06. The van der Waals surface area contributed by atoms with Gasteiger partial charge in [0.1, 0.15) is 0 Å². The van der Waals surface area contributed by atoms with Crippen LogP contribution in [0.4, 0.5) is 0 Å². The second-order valence-electron chi connectivity index (χ2n) is 3.94. The van der Waals surface area contributed by atoms with Crippen molar-refractivity contribution in [2.45, 2.75) is 38.7 Å². The van der Waals surface area contributed by atoms with Gasteiger partial charge in [0.2, 0.25) is 0 Å². The first-order chi connectivity index (χ1) is 6.04. The predicted molar refractivity (Wildman–Crippen MR) is 49.4 cm³/mol. The minimum absolute atomic E-state index is 0.473. The number of hydrogen-bond acceptors (Lipinski definition) is 2. The molecule has 3 nitrogen and oxygen atoms in total. The highest BCUT2D eigenvalue weighted by molar-refractivity contribution is 5.74. The van der Waals surface area contributed by atoms with E-state index < -0.39 is 17.5 Å². The van der Waals surface area contributed by atoms with Crippen LogP contribution in [0.25, 0.3) is 0 Å². The molecule has 0 radical (unpaired) electrons. The van der Waals surface area contributed by atoms with Gasteiger partial charge in [-0.15, -0.1) is 0 Å². The molecule has 0 fully saturated rings. The van der Waals surface area contributed by atoms with Gasteiger partial charge in [0.05, 0.1) is 11.5 Å².